The van der Waals surface area contributed by atoms with Gasteiger partial charge >= 0.3 is 0 Å². The van der Waals surface area contributed by atoms with Gasteiger partial charge in [-0.25, -0.2) is 0 Å². The van der Waals surface area contributed by atoms with Gasteiger partial charge in [-0.1, -0.05) is 40.5 Å². The largest absolute Gasteiger partial charge is 0.330 e. The first-order chi connectivity index (χ1) is 6.10. The van der Waals surface area contributed by atoms with E-state index in [2.05, 4.69) is 27.7 Å². The monoisotopic (exact) mass is 185 g/mol. The second kappa shape index (κ2) is 6.42. The summed E-state index contributed by atoms with van der Waals surface area (Å²) in [4.78, 5) is 0. The Labute approximate surface area is 84.1 Å². The maximum atomic E-state index is 5.93. The Morgan fingerprint density at radius 3 is 1.77 bits per heavy atom. The van der Waals surface area contributed by atoms with Gasteiger partial charge in [0.25, 0.3) is 0 Å². The van der Waals surface area contributed by atoms with Crippen LogP contribution in [0.15, 0.2) is 0 Å². The van der Waals surface area contributed by atoms with Crippen molar-refractivity contribution in [2.45, 2.75) is 59.8 Å². The van der Waals surface area contributed by atoms with Crippen molar-refractivity contribution in [3.8, 4) is 0 Å². The normalized spacial score (nSPS) is 12.5. The van der Waals surface area contributed by atoms with Crippen LogP contribution < -0.4 is 5.73 Å². The molecule has 0 unspecified atom stereocenters. The zero-order valence-corrected chi connectivity index (χ0v) is 9.90. The van der Waals surface area contributed by atoms with Crippen molar-refractivity contribution in [2.24, 2.45) is 17.1 Å². The van der Waals surface area contributed by atoms with Crippen molar-refractivity contribution in [3.63, 3.8) is 0 Å². The van der Waals surface area contributed by atoms with Gasteiger partial charge in [0, 0.05) is 0 Å². The molecule has 0 bridgehead atoms. The van der Waals surface area contributed by atoms with E-state index in [1.165, 1.54) is 32.1 Å². The van der Waals surface area contributed by atoms with Crippen molar-refractivity contribution >= 4 is 0 Å². The summed E-state index contributed by atoms with van der Waals surface area (Å²) < 4.78 is 0. The summed E-state index contributed by atoms with van der Waals surface area (Å²) in [5.41, 5.74) is 6.37. The van der Waals surface area contributed by atoms with Gasteiger partial charge in [-0.05, 0) is 37.1 Å². The maximum Gasteiger partial charge on any atom is -0.00204 e. The van der Waals surface area contributed by atoms with Crippen LogP contribution in [0.25, 0.3) is 0 Å². The van der Waals surface area contributed by atoms with Gasteiger partial charge in [-0.15, -0.1) is 0 Å². The lowest BCUT2D eigenvalue weighted by molar-refractivity contribution is 0.195. The topological polar surface area (TPSA) is 26.0 Å². The Hall–Kier alpha value is -0.0400. The highest BCUT2D eigenvalue weighted by molar-refractivity contribution is 4.80. The molecular formula is C12H27N. The molecule has 0 aliphatic carbocycles. The fourth-order valence-electron chi connectivity index (χ4n) is 2.54. The second-order valence-electron chi connectivity index (χ2n) is 4.80. The van der Waals surface area contributed by atoms with Gasteiger partial charge in [-0.2, -0.15) is 0 Å². The Kier molecular flexibility index (Phi) is 6.40. The van der Waals surface area contributed by atoms with Crippen molar-refractivity contribution in [1.82, 2.24) is 0 Å². The predicted octanol–water partition coefficient (Wildman–Crippen LogP) is 3.58. The summed E-state index contributed by atoms with van der Waals surface area (Å²) >= 11 is 0. The van der Waals surface area contributed by atoms with E-state index in [-0.39, 0.29) is 0 Å². The Morgan fingerprint density at radius 1 is 1.08 bits per heavy atom. The van der Waals surface area contributed by atoms with Crippen molar-refractivity contribution in [1.29, 1.82) is 0 Å². The first-order valence-corrected chi connectivity index (χ1v) is 5.80. The summed E-state index contributed by atoms with van der Waals surface area (Å²) in [7, 11) is 0. The molecule has 0 heterocycles. The van der Waals surface area contributed by atoms with Crippen LogP contribution in [0.4, 0.5) is 0 Å². The summed E-state index contributed by atoms with van der Waals surface area (Å²) in [5, 5.41) is 0. The standard InChI is InChI=1S/C12H27N/c1-5-7-12(10-13,8-6-2)9-11(3)4/h11H,5-10,13H2,1-4H3. The summed E-state index contributed by atoms with van der Waals surface area (Å²) in [5.74, 6) is 0.779. The first-order valence-electron chi connectivity index (χ1n) is 5.80. The molecule has 2 N–H and O–H groups in total. The Balaban J connectivity index is 4.24. The highest BCUT2D eigenvalue weighted by Crippen LogP contribution is 2.35. The van der Waals surface area contributed by atoms with E-state index < -0.39 is 0 Å². The SMILES string of the molecule is CCCC(CN)(CCC)CC(C)C. The lowest BCUT2D eigenvalue weighted by Gasteiger charge is -2.34. The zero-order valence-electron chi connectivity index (χ0n) is 9.90. The number of hydrogen-bond donors (Lipinski definition) is 1. The maximum absolute atomic E-state index is 5.93. The Bertz CT molecular complexity index is 112. The van der Waals surface area contributed by atoms with Crippen LogP contribution in [-0.2, 0) is 0 Å². The number of rotatable bonds is 7. The van der Waals surface area contributed by atoms with Gasteiger partial charge in [0.05, 0.1) is 0 Å². The molecule has 0 aliphatic rings. The number of hydrogen-bond acceptors (Lipinski definition) is 1. The molecule has 1 heteroatoms. The van der Waals surface area contributed by atoms with Crippen LogP contribution >= 0.6 is 0 Å². The van der Waals surface area contributed by atoms with Crippen LogP contribution in [-0.4, -0.2) is 6.54 Å². The third kappa shape index (κ3) is 4.66. The molecule has 0 saturated heterocycles. The van der Waals surface area contributed by atoms with E-state index in [4.69, 9.17) is 5.73 Å². The lowest BCUT2D eigenvalue weighted by atomic mass is 9.73. The van der Waals surface area contributed by atoms with Gasteiger partial charge in [-0.3, -0.25) is 0 Å². The fourth-order valence-corrected chi connectivity index (χ4v) is 2.54. The quantitative estimate of drug-likeness (QED) is 0.644. The molecule has 1 nitrogen and oxygen atoms in total. The molecule has 0 saturated carbocycles. The summed E-state index contributed by atoms with van der Waals surface area (Å²) in [6.07, 6.45) is 6.43. The van der Waals surface area contributed by atoms with Gasteiger partial charge in [0.15, 0.2) is 0 Å². The van der Waals surface area contributed by atoms with Crippen LogP contribution in [0.3, 0.4) is 0 Å². The zero-order chi connectivity index (χ0) is 10.3. The van der Waals surface area contributed by atoms with Crippen molar-refractivity contribution < 1.29 is 0 Å². The molecule has 0 radical (unpaired) electrons. The molecule has 0 spiro atoms. The molecule has 80 valence electrons. The minimum absolute atomic E-state index is 0.442. The molecule has 0 rings (SSSR count). The summed E-state index contributed by atoms with van der Waals surface area (Å²) in [6, 6.07) is 0. The fraction of sp³-hybridized carbons (Fsp3) is 1.00. The predicted molar refractivity (Wildman–Crippen MR) is 60.8 cm³/mol. The Morgan fingerprint density at radius 2 is 1.54 bits per heavy atom. The van der Waals surface area contributed by atoms with E-state index in [9.17, 15) is 0 Å². The van der Waals surface area contributed by atoms with Gasteiger partial charge in [0.2, 0.25) is 0 Å². The smallest absolute Gasteiger partial charge is 0.00204 e. The van der Waals surface area contributed by atoms with E-state index >= 15 is 0 Å². The summed E-state index contributed by atoms with van der Waals surface area (Å²) in [6.45, 7) is 10.00. The third-order valence-electron chi connectivity index (χ3n) is 2.83. The first kappa shape index (κ1) is 13.0. The van der Waals surface area contributed by atoms with Crippen molar-refractivity contribution in [3.05, 3.63) is 0 Å². The average Bonchev–Trinajstić information content (AvgIpc) is 2.04. The molecule has 0 aromatic carbocycles. The minimum atomic E-state index is 0.442. The van der Waals surface area contributed by atoms with E-state index in [0.717, 1.165) is 12.5 Å². The van der Waals surface area contributed by atoms with E-state index in [1.54, 1.807) is 0 Å². The van der Waals surface area contributed by atoms with Gasteiger partial charge in [0.1, 0.15) is 0 Å². The molecule has 0 fully saturated rings. The van der Waals surface area contributed by atoms with E-state index in [0.29, 0.717) is 5.41 Å². The van der Waals surface area contributed by atoms with Crippen LogP contribution in [0.2, 0.25) is 0 Å². The van der Waals surface area contributed by atoms with Crippen molar-refractivity contribution in [2.75, 3.05) is 6.54 Å². The van der Waals surface area contributed by atoms with Crippen LogP contribution in [0, 0.1) is 11.3 Å². The molecular weight excluding hydrogens is 158 g/mol. The molecule has 0 aliphatic heterocycles. The van der Waals surface area contributed by atoms with Crippen LogP contribution in [0.1, 0.15) is 59.8 Å². The second-order valence-corrected chi connectivity index (χ2v) is 4.80. The molecule has 0 aromatic rings. The minimum Gasteiger partial charge on any atom is -0.330 e. The highest BCUT2D eigenvalue weighted by atomic mass is 14.6. The third-order valence-corrected chi connectivity index (χ3v) is 2.83. The molecule has 0 atom stereocenters. The lowest BCUT2D eigenvalue weighted by Crippen LogP contribution is -2.31. The molecule has 0 aromatic heterocycles. The van der Waals surface area contributed by atoms with Gasteiger partial charge < -0.3 is 5.73 Å². The average molecular weight is 185 g/mol. The number of nitrogens with two attached hydrogens (primary N) is 1. The van der Waals surface area contributed by atoms with Crippen LogP contribution in [0.5, 0.6) is 0 Å². The molecule has 13 heavy (non-hydrogen) atoms. The highest BCUT2D eigenvalue weighted by Gasteiger charge is 2.27. The molecule has 0 amide bonds. The van der Waals surface area contributed by atoms with E-state index in [1.807, 2.05) is 0 Å².